The molecule has 0 fully saturated rings. The van der Waals surface area contributed by atoms with Crippen molar-refractivity contribution in [2.24, 2.45) is 0 Å². The molecular formula is C31H32ClNO3. The Bertz CT molecular complexity index is 1320. The van der Waals surface area contributed by atoms with Gasteiger partial charge in [-0.1, -0.05) is 61.2 Å². The van der Waals surface area contributed by atoms with Gasteiger partial charge in [0, 0.05) is 22.0 Å². The molecule has 5 heteroatoms. The fourth-order valence-electron chi connectivity index (χ4n) is 4.18. The van der Waals surface area contributed by atoms with Gasteiger partial charge in [0.1, 0.15) is 12.4 Å². The van der Waals surface area contributed by atoms with Crippen LogP contribution in [0.4, 0.5) is 0 Å². The molecule has 0 unspecified atom stereocenters. The summed E-state index contributed by atoms with van der Waals surface area (Å²) in [6.45, 7) is 7.14. The van der Waals surface area contributed by atoms with Crippen LogP contribution in [0.25, 0.3) is 16.9 Å². The molecule has 0 aliphatic heterocycles. The Labute approximate surface area is 218 Å². The van der Waals surface area contributed by atoms with Crippen molar-refractivity contribution in [3.63, 3.8) is 0 Å². The summed E-state index contributed by atoms with van der Waals surface area (Å²) >= 11 is 6.03. The third-order valence-corrected chi connectivity index (χ3v) is 6.37. The molecule has 0 aliphatic carbocycles. The van der Waals surface area contributed by atoms with Gasteiger partial charge in [-0.25, -0.2) is 4.79 Å². The second-order valence-electron chi connectivity index (χ2n) is 9.00. The number of hydrogen-bond donors (Lipinski definition) is 0. The minimum absolute atomic E-state index is 0.290. The van der Waals surface area contributed by atoms with Gasteiger partial charge < -0.3 is 14.0 Å². The second kappa shape index (κ2) is 12.0. The van der Waals surface area contributed by atoms with Crippen molar-refractivity contribution in [2.75, 3.05) is 6.61 Å². The van der Waals surface area contributed by atoms with Crippen molar-refractivity contribution < 1.29 is 14.3 Å². The van der Waals surface area contributed by atoms with Gasteiger partial charge >= 0.3 is 5.97 Å². The lowest BCUT2D eigenvalue weighted by molar-refractivity contribution is 0.0498. The molecule has 0 N–H and O–H groups in total. The van der Waals surface area contributed by atoms with Gasteiger partial charge in [-0.15, -0.1) is 0 Å². The number of hydrogen-bond acceptors (Lipinski definition) is 3. The van der Waals surface area contributed by atoms with Crippen LogP contribution in [-0.2, 0) is 11.3 Å². The average Bonchev–Trinajstić information content (AvgIpc) is 3.28. The van der Waals surface area contributed by atoms with E-state index in [-0.39, 0.29) is 5.97 Å². The molecular weight excluding hydrogens is 470 g/mol. The zero-order chi connectivity index (χ0) is 25.5. The van der Waals surface area contributed by atoms with Crippen LogP contribution >= 0.6 is 11.6 Å². The minimum atomic E-state index is -0.290. The van der Waals surface area contributed by atoms with Crippen molar-refractivity contribution in [3.05, 3.63) is 106 Å². The maximum Gasteiger partial charge on any atom is 0.338 e. The lowest BCUT2D eigenvalue weighted by atomic mass is 10.1. The Morgan fingerprint density at radius 1 is 0.917 bits per heavy atom. The normalized spacial score (nSPS) is 10.9. The number of aryl methyl sites for hydroxylation is 2. The highest BCUT2D eigenvalue weighted by Crippen LogP contribution is 2.35. The summed E-state index contributed by atoms with van der Waals surface area (Å²) in [5.74, 6) is 0.503. The van der Waals surface area contributed by atoms with E-state index in [2.05, 4.69) is 49.6 Å². The minimum Gasteiger partial charge on any atom is -0.488 e. The zero-order valence-corrected chi connectivity index (χ0v) is 21.8. The van der Waals surface area contributed by atoms with E-state index in [0.717, 1.165) is 58.8 Å². The number of unbranched alkanes of at least 4 members (excludes halogenated alkanes) is 2. The van der Waals surface area contributed by atoms with Crippen LogP contribution in [0.15, 0.2) is 78.9 Å². The highest BCUT2D eigenvalue weighted by atomic mass is 35.5. The third kappa shape index (κ3) is 6.19. The summed E-state index contributed by atoms with van der Waals surface area (Å²) in [7, 11) is 0. The first-order valence-corrected chi connectivity index (χ1v) is 12.8. The molecule has 36 heavy (non-hydrogen) atoms. The summed E-state index contributed by atoms with van der Waals surface area (Å²) in [5.41, 5.74) is 6.68. The largest absolute Gasteiger partial charge is 0.488 e. The van der Waals surface area contributed by atoms with Crippen molar-refractivity contribution >= 4 is 17.6 Å². The first-order valence-electron chi connectivity index (χ1n) is 12.4. The van der Waals surface area contributed by atoms with Crippen LogP contribution in [0, 0.1) is 13.8 Å². The molecule has 4 nitrogen and oxygen atoms in total. The Kier molecular flexibility index (Phi) is 8.50. The van der Waals surface area contributed by atoms with E-state index in [4.69, 9.17) is 21.1 Å². The summed E-state index contributed by atoms with van der Waals surface area (Å²) < 4.78 is 13.9. The molecule has 186 valence electrons. The number of rotatable bonds is 10. The van der Waals surface area contributed by atoms with Gasteiger partial charge in [-0.2, -0.15) is 0 Å². The van der Waals surface area contributed by atoms with Crippen LogP contribution < -0.4 is 4.74 Å². The lowest BCUT2D eigenvalue weighted by Crippen LogP contribution is -2.08. The van der Waals surface area contributed by atoms with Gasteiger partial charge in [-0.3, -0.25) is 0 Å². The summed E-state index contributed by atoms with van der Waals surface area (Å²) in [6, 6.07) is 25.6. The molecule has 0 atom stereocenters. The monoisotopic (exact) mass is 501 g/mol. The molecule has 0 saturated heterocycles. The Morgan fingerprint density at radius 2 is 1.72 bits per heavy atom. The Hall–Kier alpha value is -3.50. The average molecular weight is 502 g/mol. The fourth-order valence-corrected chi connectivity index (χ4v) is 4.30. The van der Waals surface area contributed by atoms with Crippen LogP contribution in [0.3, 0.4) is 0 Å². The van der Waals surface area contributed by atoms with Crippen LogP contribution in [0.1, 0.15) is 53.4 Å². The summed E-state index contributed by atoms with van der Waals surface area (Å²) in [5, 5.41) is 0.704. The van der Waals surface area contributed by atoms with Crippen molar-refractivity contribution in [1.29, 1.82) is 0 Å². The standard InChI is InChI=1S/C31H32ClNO3/c1-4-5-6-18-35-31(34)25-8-7-9-27(20-25)33-23(3)11-16-29(33)28-19-22(2)10-17-30(28)36-21-24-12-14-26(32)15-13-24/h7-17,19-20H,4-6,18,21H2,1-3H3. The molecule has 0 bridgehead atoms. The van der Waals surface area contributed by atoms with Gasteiger partial charge in [0.2, 0.25) is 0 Å². The number of benzene rings is 3. The maximum atomic E-state index is 12.6. The number of nitrogens with zero attached hydrogens (tertiary/aromatic N) is 1. The maximum absolute atomic E-state index is 12.6. The highest BCUT2D eigenvalue weighted by molar-refractivity contribution is 6.30. The zero-order valence-electron chi connectivity index (χ0n) is 21.1. The predicted octanol–water partition coefficient (Wildman–Crippen LogP) is 8.34. The smallest absolute Gasteiger partial charge is 0.338 e. The number of halogens is 1. The van der Waals surface area contributed by atoms with Gasteiger partial charge in [0.15, 0.2) is 0 Å². The Morgan fingerprint density at radius 3 is 2.50 bits per heavy atom. The number of aromatic nitrogens is 1. The lowest BCUT2D eigenvalue weighted by Gasteiger charge is -2.17. The molecule has 3 aromatic carbocycles. The number of esters is 1. The number of ether oxygens (including phenoxy) is 2. The van der Waals surface area contributed by atoms with E-state index in [1.165, 1.54) is 0 Å². The van der Waals surface area contributed by atoms with E-state index >= 15 is 0 Å². The topological polar surface area (TPSA) is 40.5 Å². The van der Waals surface area contributed by atoms with E-state index in [0.29, 0.717) is 23.8 Å². The molecule has 0 amide bonds. The number of carbonyl (C=O) groups excluding carboxylic acids is 1. The molecule has 4 rings (SSSR count). The quantitative estimate of drug-likeness (QED) is 0.162. The molecule has 1 aromatic heterocycles. The van der Waals surface area contributed by atoms with Gasteiger partial charge in [0.05, 0.1) is 17.9 Å². The van der Waals surface area contributed by atoms with E-state index in [9.17, 15) is 4.79 Å². The molecule has 0 saturated carbocycles. The number of carbonyl (C=O) groups is 1. The predicted molar refractivity (Wildman–Crippen MR) is 146 cm³/mol. The first kappa shape index (κ1) is 25.6. The van der Waals surface area contributed by atoms with Gasteiger partial charge in [-0.05, 0) is 80.4 Å². The molecule has 0 radical (unpaired) electrons. The van der Waals surface area contributed by atoms with Crippen LogP contribution in [-0.4, -0.2) is 17.1 Å². The molecule has 0 aliphatic rings. The van der Waals surface area contributed by atoms with E-state index in [1.807, 2.05) is 48.5 Å². The van der Waals surface area contributed by atoms with Crippen molar-refractivity contribution in [2.45, 2.75) is 46.6 Å². The third-order valence-electron chi connectivity index (χ3n) is 6.12. The first-order chi connectivity index (χ1) is 17.5. The van der Waals surface area contributed by atoms with Crippen molar-refractivity contribution in [3.8, 4) is 22.7 Å². The Balaban J connectivity index is 1.64. The van der Waals surface area contributed by atoms with E-state index < -0.39 is 0 Å². The highest BCUT2D eigenvalue weighted by Gasteiger charge is 2.16. The molecule has 4 aromatic rings. The van der Waals surface area contributed by atoms with Crippen molar-refractivity contribution in [1.82, 2.24) is 4.57 Å². The van der Waals surface area contributed by atoms with Crippen LogP contribution in [0.5, 0.6) is 5.75 Å². The van der Waals surface area contributed by atoms with Gasteiger partial charge in [0.25, 0.3) is 0 Å². The SMILES string of the molecule is CCCCCOC(=O)c1cccc(-n2c(C)ccc2-c2cc(C)ccc2OCc2ccc(Cl)cc2)c1. The van der Waals surface area contributed by atoms with Crippen LogP contribution in [0.2, 0.25) is 5.02 Å². The summed E-state index contributed by atoms with van der Waals surface area (Å²) in [6.07, 6.45) is 3.03. The molecule has 1 heterocycles. The molecule has 0 spiro atoms. The second-order valence-corrected chi connectivity index (χ2v) is 9.44. The fraction of sp³-hybridized carbons (Fsp3) is 0.258. The summed E-state index contributed by atoms with van der Waals surface area (Å²) in [4.78, 5) is 12.6. The van der Waals surface area contributed by atoms with E-state index in [1.54, 1.807) is 6.07 Å².